The molecule has 0 aliphatic rings. The van der Waals surface area contributed by atoms with Gasteiger partial charge in [-0.1, -0.05) is 194 Å². The Balaban J connectivity index is 1.11. The number of nitrogens with zero attached hydrogens (tertiary/aromatic N) is 1. The first kappa shape index (κ1) is 32.4. The van der Waals surface area contributed by atoms with Gasteiger partial charge in [-0.3, -0.25) is 0 Å². The van der Waals surface area contributed by atoms with Crippen molar-refractivity contribution < 1.29 is 0 Å². The van der Waals surface area contributed by atoms with Crippen LogP contribution in [0.5, 0.6) is 0 Å². The van der Waals surface area contributed by atoms with E-state index in [-0.39, 0.29) is 0 Å². The molecule has 0 spiro atoms. The minimum Gasteiger partial charge on any atom is -0.310 e. The molecule has 1 heteroatoms. The number of benzene rings is 10. The van der Waals surface area contributed by atoms with Gasteiger partial charge in [0.15, 0.2) is 0 Å². The molecule has 0 radical (unpaired) electrons. The van der Waals surface area contributed by atoms with Crippen molar-refractivity contribution >= 4 is 49.4 Å². The van der Waals surface area contributed by atoms with Crippen LogP contribution in [-0.2, 0) is 0 Å². The average Bonchev–Trinajstić information content (AvgIpc) is 3.27. The fourth-order valence-corrected chi connectivity index (χ4v) is 8.07. The molecule has 10 aromatic carbocycles. The second-order valence-corrected chi connectivity index (χ2v) is 14.1. The van der Waals surface area contributed by atoms with E-state index in [4.69, 9.17) is 0 Å². The summed E-state index contributed by atoms with van der Waals surface area (Å²) in [5.41, 5.74) is 13.0. The van der Waals surface area contributed by atoms with Gasteiger partial charge in [0, 0.05) is 16.8 Å². The first-order valence-electron chi connectivity index (χ1n) is 18.9. The molecule has 0 bridgehead atoms. The van der Waals surface area contributed by atoms with Crippen LogP contribution in [0.25, 0.3) is 76.8 Å². The van der Waals surface area contributed by atoms with Crippen LogP contribution in [0.4, 0.5) is 17.1 Å². The molecule has 10 rings (SSSR count). The number of fused-ring (bicyclic) bond motifs is 5. The molecule has 0 aromatic heterocycles. The number of hydrogen-bond donors (Lipinski definition) is 0. The number of hydrogen-bond acceptors (Lipinski definition) is 1. The Bertz CT molecular complexity index is 2930. The van der Waals surface area contributed by atoms with Crippen LogP contribution in [-0.4, -0.2) is 0 Å². The summed E-state index contributed by atoms with van der Waals surface area (Å²) in [4.78, 5) is 2.43. The fraction of sp³-hybridized carbons (Fsp3) is 0. The second kappa shape index (κ2) is 14.0. The number of anilines is 3. The van der Waals surface area contributed by atoms with Gasteiger partial charge < -0.3 is 4.90 Å². The van der Waals surface area contributed by atoms with Gasteiger partial charge >= 0.3 is 0 Å². The third kappa shape index (κ3) is 6.12. The first-order chi connectivity index (χ1) is 27.3. The Kier molecular flexibility index (Phi) is 8.24. The predicted molar refractivity (Wildman–Crippen MR) is 235 cm³/mol. The monoisotopic (exact) mass is 699 g/mol. The van der Waals surface area contributed by atoms with Crippen molar-refractivity contribution in [1.29, 1.82) is 0 Å². The maximum atomic E-state index is 2.43. The smallest absolute Gasteiger partial charge is 0.0546 e. The highest BCUT2D eigenvalue weighted by molar-refractivity contribution is 6.23. The van der Waals surface area contributed by atoms with E-state index >= 15 is 0 Å². The maximum Gasteiger partial charge on any atom is 0.0546 e. The Morgan fingerprint density at radius 1 is 0.236 bits per heavy atom. The van der Waals surface area contributed by atoms with Crippen LogP contribution in [0.1, 0.15) is 0 Å². The summed E-state index contributed by atoms with van der Waals surface area (Å²) in [7, 11) is 0. The van der Waals surface area contributed by atoms with Crippen molar-refractivity contribution in [2.45, 2.75) is 0 Å². The molecule has 0 heterocycles. The molecular weight excluding hydrogens is 663 g/mol. The zero-order chi connectivity index (χ0) is 36.6. The van der Waals surface area contributed by atoms with Crippen LogP contribution >= 0.6 is 0 Å². The van der Waals surface area contributed by atoms with E-state index < -0.39 is 0 Å². The van der Waals surface area contributed by atoms with Crippen LogP contribution in [0.3, 0.4) is 0 Å². The minimum absolute atomic E-state index is 1.10. The lowest BCUT2D eigenvalue weighted by molar-refractivity contribution is 1.30. The highest BCUT2D eigenvalue weighted by atomic mass is 15.1. The van der Waals surface area contributed by atoms with Crippen molar-refractivity contribution in [2.75, 3.05) is 4.90 Å². The second-order valence-electron chi connectivity index (χ2n) is 14.1. The van der Waals surface area contributed by atoms with Gasteiger partial charge in [0.25, 0.3) is 0 Å². The van der Waals surface area contributed by atoms with Crippen molar-refractivity contribution in [3.8, 4) is 44.5 Å². The molecule has 0 aliphatic heterocycles. The van der Waals surface area contributed by atoms with E-state index in [1.807, 2.05) is 0 Å². The van der Waals surface area contributed by atoms with Crippen molar-refractivity contribution in [3.63, 3.8) is 0 Å². The zero-order valence-corrected chi connectivity index (χ0v) is 30.3. The average molecular weight is 700 g/mol. The van der Waals surface area contributed by atoms with Gasteiger partial charge in [0.1, 0.15) is 0 Å². The SMILES string of the molecule is c1ccc(-c2ccc(-c3ccc(N(c4cccc(-c5ccc(-c6ccccc6)cc5)c4)c4cc5ccc6ccccc6c5c5ccccc45)cc3)cc2)cc1. The summed E-state index contributed by atoms with van der Waals surface area (Å²) in [5, 5.41) is 7.50. The molecule has 0 atom stereocenters. The van der Waals surface area contributed by atoms with Crippen molar-refractivity contribution in [2.24, 2.45) is 0 Å². The lowest BCUT2D eigenvalue weighted by atomic mass is 9.94. The molecule has 0 amide bonds. The van der Waals surface area contributed by atoms with Gasteiger partial charge in [-0.2, -0.15) is 0 Å². The van der Waals surface area contributed by atoms with Crippen LogP contribution in [0, 0.1) is 0 Å². The molecule has 258 valence electrons. The topological polar surface area (TPSA) is 3.24 Å². The van der Waals surface area contributed by atoms with Gasteiger partial charge in [0.2, 0.25) is 0 Å². The van der Waals surface area contributed by atoms with Crippen LogP contribution in [0.15, 0.2) is 224 Å². The van der Waals surface area contributed by atoms with Crippen LogP contribution < -0.4 is 4.90 Å². The minimum atomic E-state index is 1.10. The van der Waals surface area contributed by atoms with E-state index in [2.05, 4.69) is 229 Å². The van der Waals surface area contributed by atoms with Gasteiger partial charge in [-0.05, 0) is 102 Å². The van der Waals surface area contributed by atoms with E-state index in [1.54, 1.807) is 0 Å². The largest absolute Gasteiger partial charge is 0.310 e. The molecule has 0 fully saturated rings. The van der Waals surface area contributed by atoms with Crippen LogP contribution in [0.2, 0.25) is 0 Å². The Morgan fingerprint density at radius 2 is 0.673 bits per heavy atom. The maximum absolute atomic E-state index is 2.43. The highest BCUT2D eigenvalue weighted by Gasteiger charge is 2.19. The van der Waals surface area contributed by atoms with E-state index in [0.717, 1.165) is 17.1 Å². The standard InChI is InChI=1S/C54H37N/c1-3-12-38(13-4-1)40-22-24-42(25-23-40)43-32-34-48(35-33-43)55(49-18-11-17-46(36-49)44-28-26-41(27-29-44)39-14-5-2-6-15-39)53-37-47-31-30-45-16-7-8-19-50(45)54(47)52-21-10-9-20-51(52)53/h1-37H. The molecule has 55 heavy (non-hydrogen) atoms. The van der Waals surface area contributed by atoms with Crippen molar-refractivity contribution in [1.82, 2.24) is 0 Å². The first-order valence-corrected chi connectivity index (χ1v) is 18.9. The summed E-state index contributed by atoms with van der Waals surface area (Å²) >= 11 is 0. The lowest BCUT2D eigenvalue weighted by Crippen LogP contribution is -2.11. The number of rotatable bonds is 7. The zero-order valence-electron chi connectivity index (χ0n) is 30.3. The van der Waals surface area contributed by atoms with Gasteiger partial charge in [-0.15, -0.1) is 0 Å². The molecule has 0 saturated carbocycles. The quantitative estimate of drug-likeness (QED) is 0.150. The highest BCUT2D eigenvalue weighted by Crippen LogP contribution is 2.44. The summed E-state index contributed by atoms with van der Waals surface area (Å²) in [6, 6.07) is 81.4. The van der Waals surface area contributed by atoms with Gasteiger partial charge in [0.05, 0.1) is 5.69 Å². The molecule has 0 saturated heterocycles. The van der Waals surface area contributed by atoms with E-state index in [0.29, 0.717) is 0 Å². The third-order valence-corrected chi connectivity index (χ3v) is 10.8. The van der Waals surface area contributed by atoms with E-state index in [1.165, 1.54) is 76.8 Å². The lowest BCUT2D eigenvalue weighted by Gasteiger charge is -2.28. The molecule has 0 N–H and O–H groups in total. The Morgan fingerprint density at radius 3 is 1.27 bits per heavy atom. The van der Waals surface area contributed by atoms with E-state index in [9.17, 15) is 0 Å². The molecule has 1 nitrogen and oxygen atoms in total. The predicted octanol–water partition coefficient (Wildman–Crippen LogP) is 15.3. The normalized spacial score (nSPS) is 11.3. The van der Waals surface area contributed by atoms with Gasteiger partial charge in [-0.25, -0.2) is 0 Å². The molecule has 0 unspecified atom stereocenters. The molecule has 10 aromatic rings. The molecular formula is C54H37N. The Labute approximate surface area is 322 Å². The summed E-state index contributed by atoms with van der Waals surface area (Å²) in [6.45, 7) is 0. The molecule has 0 aliphatic carbocycles. The fourth-order valence-electron chi connectivity index (χ4n) is 8.07. The Hall–Kier alpha value is -7.22. The summed E-state index contributed by atoms with van der Waals surface area (Å²) < 4.78 is 0. The third-order valence-electron chi connectivity index (χ3n) is 10.8. The van der Waals surface area contributed by atoms with Crippen molar-refractivity contribution in [3.05, 3.63) is 224 Å². The summed E-state index contributed by atoms with van der Waals surface area (Å²) in [6.07, 6.45) is 0. The summed E-state index contributed by atoms with van der Waals surface area (Å²) in [5.74, 6) is 0.